The maximum Gasteiger partial charge on any atom is 0.282 e. The van der Waals surface area contributed by atoms with Crippen LogP contribution in [-0.4, -0.2) is 65.1 Å². The van der Waals surface area contributed by atoms with Crippen molar-refractivity contribution in [2.75, 3.05) is 37.9 Å². The monoisotopic (exact) mass is 550 g/mol. The number of halogens is 2. The van der Waals surface area contributed by atoms with Gasteiger partial charge in [-0.3, -0.25) is 14.7 Å². The van der Waals surface area contributed by atoms with Gasteiger partial charge in [-0.1, -0.05) is 12.1 Å². The molecule has 0 unspecified atom stereocenters. The molecule has 1 saturated carbocycles. The average molecular weight is 551 g/mol. The summed E-state index contributed by atoms with van der Waals surface area (Å²) >= 11 is 0. The van der Waals surface area contributed by atoms with Gasteiger partial charge >= 0.3 is 0 Å². The number of nitrogens with one attached hydrogen (secondary N) is 3. The van der Waals surface area contributed by atoms with E-state index in [0.717, 1.165) is 40.1 Å². The molecule has 4 aromatic rings. The molecule has 10 nitrogen and oxygen atoms in total. The molecule has 1 saturated heterocycles. The van der Waals surface area contributed by atoms with Gasteiger partial charge in [0.2, 0.25) is 11.8 Å². The molecule has 1 aliphatic heterocycles. The summed E-state index contributed by atoms with van der Waals surface area (Å²) in [5, 5.41) is 14.0. The number of methoxy groups -OCH3 is 2. The summed E-state index contributed by atoms with van der Waals surface area (Å²) in [7, 11) is 3.04. The largest absolute Gasteiger partial charge is 0.497 e. The van der Waals surface area contributed by atoms with E-state index in [1.807, 2.05) is 48.5 Å². The van der Waals surface area contributed by atoms with E-state index in [1.165, 1.54) is 13.2 Å². The van der Waals surface area contributed by atoms with E-state index in [1.54, 1.807) is 13.2 Å². The van der Waals surface area contributed by atoms with Crippen LogP contribution < -0.4 is 20.1 Å². The van der Waals surface area contributed by atoms with E-state index in [2.05, 4.69) is 25.8 Å². The Morgan fingerprint density at radius 1 is 1.00 bits per heavy atom. The fourth-order valence-electron chi connectivity index (χ4n) is 4.08. The molecular formula is C28H28F2N6O4. The van der Waals surface area contributed by atoms with Crippen molar-refractivity contribution in [3.05, 3.63) is 66.4 Å². The van der Waals surface area contributed by atoms with Gasteiger partial charge in [0.1, 0.15) is 17.1 Å². The number of ether oxygens (including phenoxy) is 2. The molecule has 208 valence electrons. The average Bonchev–Trinajstić information content (AvgIpc) is 3.74. The Morgan fingerprint density at radius 3 is 2.38 bits per heavy atom. The lowest BCUT2D eigenvalue weighted by molar-refractivity contribution is -0.117. The van der Waals surface area contributed by atoms with Crippen LogP contribution in [0.1, 0.15) is 23.3 Å². The number of carbonyl (C=O) groups excluding carboxylic acids is 2. The third-order valence-electron chi connectivity index (χ3n) is 6.43. The topological polar surface area (TPSA) is 121 Å². The molecule has 0 spiro atoms. The van der Waals surface area contributed by atoms with E-state index < -0.39 is 24.9 Å². The number of amides is 2. The fraction of sp³-hybridized carbons (Fsp3) is 0.286. The lowest BCUT2D eigenvalue weighted by atomic mass is 10.1. The van der Waals surface area contributed by atoms with E-state index in [0.29, 0.717) is 11.5 Å². The van der Waals surface area contributed by atoms with E-state index in [9.17, 15) is 18.4 Å². The summed E-state index contributed by atoms with van der Waals surface area (Å²) in [4.78, 5) is 28.8. The molecule has 1 aliphatic carbocycles. The number of aromatic amines is 1. The maximum absolute atomic E-state index is 13.0. The zero-order chi connectivity index (χ0) is 28.3. The van der Waals surface area contributed by atoms with Gasteiger partial charge in [-0.15, -0.1) is 0 Å². The van der Waals surface area contributed by atoms with Crippen molar-refractivity contribution >= 4 is 39.9 Å². The predicted molar refractivity (Wildman–Crippen MR) is 145 cm³/mol. The number of nitrogens with zero attached hydrogens (tertiary/aromatic N) is 3. The minimum Gasteiger partial charge on any atom is -0.497 e. The van der Waals surface area contributed by atoms with Crippen molar-refractivity contribution in [3.63, 3.8) is 0 Å². The smallest absolute Gasteiger partial charge is 0.282 e. The Bertz CT molecular complexity index is 1510. The van der Waals surface area contributed by atoms with Crippen molar-refractivity contribution in [3.8, 4) is 11.6 Å². The van der Waals surface area contributed by atoms with Crippen LogP contribution in [0, 0.1) is 5.92 Å². The van der Waals surface area contributed by atoms with Gasteiger partial charge in [0.25, 0.3) is 11.8 Å². The number of hydrogen-bond donors (Lipinski definition) is 3. The number of hydrogen-bond acceptors (Lipinski definition) is 7. The number of alkyl halides is 2. The minimum atomic E-state index is -2.82. The quantitative estimate of drug-likeness (QED) is 0.301. The molecule has 0 bridgehead atoms. The van der Waals surface area contributed by atoms with Crippen molar-refractivity contribution < 1.29 is 27.8 Å². The van der Waals surface area contributed by atoms with Gasteiger partial charge in [0.05, 0.1) is 32.8 Å². The van der Waals surface area contributed by atoms with Crippen LogP contribution in [0.4, 0.5) is 26.0 Å². The van der Waals surface area contributed by atoms with Crippen LogP contribution in [0.2, 0.25) is 0 Å². The first-order valence-corrected chi connectivity index (χ1v) is 12.6. The summed E-state index contributed by atoms with van der Waals surface area (Å²) in [5.41, 5.74) is 2.26. The number of H-pyrrole nitrogens is 1. The normalized spacial score (nSPS) is 15.3. The molecule has 2 aromatic carbocycles. The summed E-state index contributed by atoms with van der Waals surface area (Å²) in [6.45, 7) is -1.18. The summed E-state index contributed by atoms with van der Waals surface area (Å²) < 4.78 is 36.2. The van der Waals surface area contributed by atoms with Crippen LogP contribution in [0.5, 0.6) is 11.6 Å². The molecule has 3 N–H and O–H groups in total. The third kappa shape index (κ3) is 6.11. The third-order valence-corrected chi connectivity index (χ3v) is 6.43. The molecule has 2 aromatic heterocycles. The second-order valence-corrected chi connectivity index (χ2v) is 9.51. The first kappa shape index (κ1) is 26.9. The number of fused-ring (bicyclic) bond motifs is 1. The summed E-state index contributed by atoms with van der Waals surface area (Å²) in [5.74, 6) is -1.42. The highest BCUT2D eigenvalue weighted by Gasteiger charge is 2.46. The number of pyridine rings is 1. The van der Waals surface area contributed by atoms with Crippen LogP contribution in [0.3, 0.4) is 0 Å². The van der Waals surface area contributed by atoms with Gasteiger partial charge in [-0.05, 0) is 61.4 Å². The number of rotatable bonds is 7. The Morgan fingerprint density at radius 2 is 1.73 bits per heavy atom. The standard InChI is InChI=1S/C17H15F2N5O2.C11H13NO2/c1-26-15-12(20-14-10-4-2-3-5-11(10)22-23-14)6-7-13(21-15)16(25)24-8-17(18,19)9-24;1-14-10-6-4-9(5-7-10)12-11(13)8-2-3-8/h2-7H,8-9H2,1H3,(H2,20,22,23);4-8H,2-3H2,1H3,(H,12,13). The van der Waals surface area contributed by atoms with Gasteiger partial charge in [-0.2, -0.15) is 5.10 Å². The Hall–Kier alpha value is -4.74. The SMILES string of the molecule is COc1ccc(NC(=O)C2CC2)cc1.COc1nc(C(=O)N2CC(F)(F)C2)ccc1Nc1n[nH]c2ccccc12. The lowest BCUT2D eigenvalue weighted by Gasteiger charge is -2.38. The Labute approximate surface area is 228 Å². The molecule has 6 rings (SSSR count). The second kappa shape index (κ2) is 11.2. The molecule has 2 amide bonds. The number of para-hydroxylation sites is 1. The maximum atomic E-state index is 13.0. The van der Waals surface area contributed by atoms with Gasteiger partial charge in [0, 0.05) is 17.0 Å². The molecular weight excluding hydrogens is 522 g/mol. The zero-order valence-electron chi connectivity index (χ0n) is 21.9. The molecule has 2 aliphatic rings. The van der Waals surface area contributed by atoms with Crippen LogP contribution in [0.25, 0.3) is 10.9 Å². The first-order valence-electron chi connectivity index (χ1n) is 12.6. The number of likely N-dealkylation sites (tertiary alicyclic amines) is 1. The molecule has 0 radical (unpaired) electrons. The molecule has 3 heterocycles. The highest BCUT2D eigenvalue weighted by Crippen LogP contribution is 2.32. The second-order valence-electron chi connectivity index (χ2n) is 9.51. The number of benzene rings is 2. The van der Waals surface area contributed by atoms with E-state index in [4.69, 9.17) is 9.47 Å². The van der Waals surface area contributed by atoms with Crippen molar-refractivity contribution in [1.82, 2.24) is 20.1 Å². The van der Waals surface area contributed by atoms with Crippen LogP contribution in [0.15, 0.2) is 60.7 Å². The van der Waals surface area contributed by atoms with Gasteiger partial charge in [-0.25, -0.2) is 13.8 Å². The number of anilines is 3. The van der Waals surface area contributed by atoms with Crippen molar-refractivity contribution in [2.45, 2.75) is 18.8 Å². The van der Waals surface area contributed by atoms with Crippen molar-refractivity contribution in [1.29, 1.82) is 0 Å². The summed E-state index contributed by atoms with van der Waals surface area (Å²) in [6.07, 6.45) is 2.06. The lowest BCUT2D eigenvalue weighted by Crippen LogP contribution is -2.58. The number of carbonyl (C=O) groups is 2. The molecule has 2 fully saturated rings. The first-order chi connectivity index (χ1) is 19.3. The minimum absolute atomic E-state index is 0.0507. The highest BCUT2D eigenvalue weighted by atomic mass is 19.3. The van der Waals surface area contributed by atoms with Gasteiger partial charge in [0.15, 0.2) is 5.82 Å². The van der Waals surface area contributed by atoms with Crippen molar-refractivity contribution in [2.24, 2.45) is 5.92 Å². The zero-order valence-corrected chi connectivity index (χ0v) is 21.9. The van der Waals surface area contributed by atoms with E-state index >= 15 is 0 Å². The number of aromatic nitrogens is 3. The van der Waals surface area contributed by atoms with Gasteiger partial charge < -0.3 is 25.0 Å². The Kier molecular flexibility index (Phi) is 7.50. The molecule has 0 atom stereocenters. The predicted octanol–water partition coefficient (Wildman–Crippen LogP) is 4.84. The molecule has 40 heavy (non-hydrogen) atoms. The summed E-state index contributed by atoms with van der Waals surface area (Å²) in [6, 6.07) is 18.0. The molecule has 12 heteroatoms. The highest BCUT2D eigenvalue weighted by molar-refractivity contribution is 5.95. The van der Waals surface area contributed by atoms with E-state index in [-0.39, 0.29) is 23.4 Å². The fourth-order valence-corrected chi connectivity index (χ4v) is 4.08. The van der Waals surface area contributed by atoms with Crippen LogP contribution >= 0.6 is 0 Å². The van der Waals surface area contributed by atoms with Crippen LogP contribution in [-0.2, 0) is 4.79 Å². The Balaban J connectivity index is 0.000000194.